The molecule has 1 heteroatoms. The molecule has 0 radical (unpaired) electrons. The smallest absolute Gasteiger partial charge is 0.0497 e. The van der Waals surface area contributed by atoms with E-state index in [0.717, 1.165) is 12.5 Å². The number of rotatable bonds is 2. The minimum Gasteiger partial charge on any atom is -0.369 e. The Bertz CT molecular complexity index is 183. The maximum Gasteiger partial charge on any atom is 0.0497 e. The minimum atomic E-state index is 0.539. The van der Waals surface area contributed by atoms with Crippen molar-refractivity contribution in [1.29, 1.82) is 0 Å². The summed E-state index contributed by atoms with van der Waals surface area (Å²) in [5, 5.41) is 0. The van der Waals surface area contributed by atoms with Crippen LogP contribution in [0.1, 0.15) is 27.2 Å². The first-order chi connectivity index (χ1) is 5.52. The van der Waals surface area contributed by atoms with Crippen molar-refractivity contribution >= 4 is 0 Å². The first kappa shape index (κ1) is 9.37. The van der Waals surface area contributed by atoms with Gasteiger partial charge in [0, 0.05) is 18.3 Å². The second-order valence-corrected chi connectivity index (χ2v) is 4.09. The molecule has 2 unspecified atom stereocenters. The fourth-order valence-electron chi connectivity index (χ4n) is 1.94. The second kappa shape index (κ2) is 3.34. The standard InChI is InChI=1S/C11H19N/c1-8(2)11-6-10(5)7-12(11)9(3)4/h10-11H,1,3,6-7H2,2,4-5H3. The summed E-state index contributed by atoms with van der Waals surface area (Å²) in [6, 6.07) is 0.539. The lowest BCUT2D eigenvalue weighted by Crippen LogP contribution is -2.27. The maximum absolute atomic E-state index is 4.02. The molecule has 1 saturated heterocycles. The van der Waals surface area contributed by atoms with E-state index in [1.807, 2.05) is 0 Å². The first-order valence-electron chi connectivity index (χ1n) is 4.60. The summed E-state index contributed by atoms with van der Waals surface area (Å²) < 4.78 is 0. The summed E-state index contributed by atoms with van der Waals surface area (Å²) in [4.78, 5) is 2.37. The van der Waals surface area contributed by atoms with Crippen molar-refractivity contribution in [3.05, 3.63) is 24.4 Å². The van der Waals surface area contributed by atoms with Crippen molar-refractivity contribution in [2.24, 2.45) is 5.92 Å². The van der Waals surface area contributed by atoms with Gasteiger partial charge in [0.2, 0.25) is 0 Å². The highest BCUT2D eigenvalue weighted by atomic mass is 15.2. The van der Waals surface area contributed by atoms with Gasteiger partial charge < -0.3 is 4.90 Å². The van der Waals surface area contributed by atoms with Crippen LogP contribution < -0.4 is 0 Å². The van der Waals surface area contributed by atoms with Crippen LogP contribution in [0.2, 0.25) is 0 Å². The fourth-order valence-corrected chi connectivity index (χ4v) is 1.94. The normalized spacial score (nSPS) is 29.1. The quantitative estimate of drug-likeness (QED) is 0.569. The van der Waals surface area contributed by atoms with Crippen LogP contribution in [0.3, 0.4) is 0 Å². The molecule has 0 spiro atoms. The van der Waals surface area contributed by atoms with E-state index in [1.54, 1.807) is 0 Å². The molecular weight excluding hydrogens is 146 g/mol. The zero-order chi connectivity index (χ0) is 9.30. The third kappa shape index (κ3) is 1.71. The van der Waals surface area contributed by atoms with E-state index in [0.29, 0.717) is 6.04 Å². The highest BCUT2D eigenvalue weighted by molar-refractivity contribution is 5.11. The molecule has 2 atom stereocenters. The highest BCUT2D eigenvalue weighted by Crippen LogP contribution is 2.29. The van der Waals surface area contributed by atoms with E-state index in [9.17, 15) is 0 Å². The molecule has 0 amide bonds. The van der Waals surface area contributed by atoms with E-state index in [1.165, 1.54) is 17.7 Å². The molecular formula is C11H19N. The molecule has 1 rings (SSSR count). The Morgan fingerprint density at radius 2 is 1.92 bits per heavy atom. The predicted molar refractivity (Wildman–Crippen MR) is 53.9 cm³/mol. The molecule has 68 valence electrons. The summed E-state index contributed by atoms with van der Waals surface area (Å²) in [6.45, 7) is 15.6. The van der Waals surface area contributed by atoms with E-state index < -0.39 is 0 Å². The summed E-state index contributed by atoms with van der Waals surface area (Å²) >= 11 is 0. The second-order valence-electron chi connectivity index (χ2n) is 4.09. The lowest BCUT2D eigenvalue weighted by atomic mass is 10.0. The molecule has 1 aliphatic rings. The lowest BCUT2D eigenvalue weighted by Gasteiger charge is -2.26. The van der Waals surface area contributed by atoms with Gasteiger partial charge in [-0.3, -0.25) is 0 Å². The summed E-state index contributed by atoms with van der Waals surface area (Å²) in [6.07, 6.45) is 1.24. The Hall–Kier alpha value is -0.720. The average Bonchev–Trinajstić information content (AvgIpc) is 2.31. The number of nitrogens with zero attached hydrogens (tertiary/aromatic N) is 1. The minimum absolute atomic E-state index is 0.539. The van der Waals surface area contributed by atoms with Crippen molar-refractivity contribution in [2.45, 2.75) is 33.2 Å². The lowest BCUT2D eigenvalue weighted by molar-refractivity contribution is 0.352. The van der Waals surface area contributed by atoms with E-state index >= 15 is 0 Å². The zero-order valence-electron chi connectivity index (χ0n) is 8.43. The monoisotopic (exact) mass is 165 g/mol. The summed E-state index contributed by atoms with van der Waals surface area (Å²) in [7, 11) is 0. The van der Waals surface area contributed by atoms with Gasteiger partial charge in [0.25, 0.3) is 0 Å². The van der Waals surface area contributed by atoms with Gasteiger partial charge in [0.05, 0.1) is 0 Å². The molecule has 12 heavy (non-hydrogen) atoms. The Kier molecular flexibility index (Phi) is 2.61. The maximum atomic E-state index is 4.02. The van der Waals surface area contributed by atoms with Crippen LogP contribution in [0.25, 0.3) is 0 Å². The molecule has 0 aliphatic carbocycles. The van der Waals surface area contributed by atoms with Crippen molar-refractivity contribution < 1.29 is 0 Å². The Morgan fingerprint density at radius 3 is 2.25 bits per heavy atom. The molecule has 1 heterocycles. The van der Waals surface area contributed by atoms with Crippen LogP contribution in [-0.4, -0.2) is 17.5 Å². The number of hydrogen-bond donors (Lipinski definition) is 0. The first-order valence-corrected chi connectivity index (χ1v) is 4.60. The van der Waals surface area contributed by atoms with Gasteiger partial charge in [-0.15, -0.1) is 0 Å². The van der Waals surface area contributed by atoms with Crippen molar-refractivity contribution in [3.8, 4) is 0 Å². The summed E-state index contributed by atoms with van der Waals surface area (Å²) in [5.74, 6) is 0.781. The zero-order valence-corrected chi connectivity index (χ0v) is 8.43. The molecule has 0 aromatic carbocycles. The Balaban J connectivity index is 2.72. The van der Waals surface area contributed by atoms with Crippen LogP contribution in [-0.2, 0) is 0 Å². The summed E-state index contributed by atoms with van der Waals surface area (Å²) in [5.41, 5.74) is 2.44. The van der Waals surface area contributed by atoms with E-state index in [4.69, 9.17) is 0 Å². The molecule has 0 N–H and O–H groups in total. The van der Waals surface area contributed by atoms with E-state index in [2.05, 4.69) is 38.8 Å². The van der Waals surface area contributed by atoms with Crippen LogP contribution in [0, 0.1) is 5.92 Å². The highest BCUT2D eigenvalue weighted by Gasteiger charge is 2.29. The number of allylic oxidation sites excluding steroid dienone is 1. The Labute approximate surface area is 75.8 Å². The molecule has 0 bridgehead atoms. The molecule has 0 saturated carbocycles. The molecule has 0 aromatic heterocycles. The van der Waals surface area contributed by atoms with E-state index in [-0.39, 0.29) is 0 Å². The van der Waals surface area contributed by atoms with Crippen LogP contribution in [0.5, 0.6) is 0 Å². The van der Waals surface area contributed by atoms with Crippen molar-refractivity contribution in [2.75, 3.05) is 6.54 Å². The topological polar surface area (TPSA) is 3.24 Å². The van der Waals surface area contributed by atoms with Gasteiger partial charge in [-0.2, -0.15) is 0 Å². The molecule has 1 aliphatic heterocycles. The van der Waals surface area contributed by atoms with Gasteiger partial charge in [-0.05, 0) is 26.2 Å². The third-order valence-electron chi connectivity index (χ3n) is 2.57. The van der Waals surface area contributed by atoms with Crippen LogP contribution >= 0.6 is 0 Å². The van der Waals surface area contributed by atoms with Gasteiger partial charge in [-0.1, -0.05) is 25.7 Å². The fraction of sp³-hybridized carbons (Fsp3) is 0.636. The van der Waals surface area contributed by atoms with Crippen LogP contribution in [0.15, 0.2) is 24.4 Å². The number of likely N-dealkylation sites (tertiary alicyclic amines) is 1. The van der Waals surface area contributed by atoms with Crippen molar-refractivity contribution in [1.82, 2.24) is 4.90 Å². The molecule has 1 fully saturated rings. The third-order valence-corrected chi connectivity index (χ3v) is 2.57. The van der Waals surface area contributed by atoms with Gasteiger partial charge in [0.15, 0.2) is 0 Å². The molecule has 1 nitrogen and oxygen atoms in total. The number of hydrogen-bond acceptors (Lipinski definition) is 1. The Morgan fingerprint density at radius 1 is 1.33 bits per heavy atom. The van der Waals surface area contributed by atoms with Gasteiger partial charge >= 0.3 is 0 Å². The van der Waals surface area contributed by atoms with Gasteiger partial charge in [-0.25, -0.2) is 0 Å². The average molecular weight is 165 g/mol. The SMILES string of the molecule is C=C(C)C1CC(C)CN1C(=C)C. The predicted octanol–water partition coefficient (Wildman–Crippen LogP) is 2.81. The largest absolute Gasteiger partial charge is 0.369 e. The van der Waals surface area contributed by atoms with Crippen molar-refractivity contribution in [3.63, 3.8) is 0 Å². The van der Waals surface area contributed by atoms with Gasteiger partial charge in [0.1, 0.15) is 0 Å². The molecule has 0 aromatic rings. The van der Waals surface area contributed by atoms with Crippen LogP contribution in [0.4, 0.5) is 0 Å².